The summed E-state index contributed by atoms with van der Waals surface area (Å²) >= 11 is 1.25. The van der Waals surface area contributed by atoms with Crippen LogP contribution in [0.1, 0.15) is 0 Å². The minimum absolute atomic E-state index is 0.0272. The molecule has 0 aliphatic heterocycles. The second kappa shape index (κ2) is 8.17. The van der Waals surface area contributed by atoms with Crippen LogP contribution in [0.5, 0.6) is 0 Å². The maximum absolute atomic E-state index is 12.0. The van der Waals surface area contributed by atoms with Crippen LogP contribution in [-0.4, -0.2) is 31.8 Å². The van der Waals surface area contributed by atoms with E-state index in [1.54, 1.807) is 18.3 Å². The van der Waals surface area contributed by atoms with Crippen LogP contribution in [0.15, 0.2) is 65.8 Å². The van der Waals surface area contributed by atoms with Crippen molar-refractivity contribution in [3.63, 3.8) is 0 Å². The summed E-state index contributed by atoms with van der Waals surface area (Å²) in [5.41, 5.74) is 1.86. The number of nitrogens with zero attached hydrogens (tertiary/aromatic N) is 4. The molecule has 2 aromatic heterocycles. The maximum atomic E-state index is 12.0. The van der Waals surface area contributed by atoms with Crippen LogP contribution < -0.4 is 5.32 Å². The molecular weight excluding hydrogens is 354 g/mol. The molecule has 0 atom stereocenters. The number of benzene rings is 1. The lowest BCUT2D eigenvalue weighted by Gasteiger charge is -2.05. The third kappa shape index (κ3) is 4.61. The van der Waals surface area contributed by atoms with Gasteiger partial charge in [0, 0.05) is 24.0 Å². The molecule has 0 aliphatic carbocycles. The second-order valence-corrected chi connectivity index (χ2v) is 6.11. The van der Waals surface area contributed by atoms with Crippen molar-refractivity contribution in [2.24, 2.45) is 0 Å². The highest BCUT2D eigenvalue weighted by Gasteiger charge is 2.08. The van der Waals surface area contributed by atoms with E-state index < -0.39 is 4.92 Å². The molecule has 2 heterocycles. The Labute approximate surface area is 152 Å². The van der Waals surface area contributed by atoms with Gasteiger partial charge in [0.05, 0.1) is 16.4 Å². The van der Waals surface area contributed by atoms with Gasteiger partial charge in [-0.15, -0.1) is 10.2 Å². The molecule has 9 heteroatoms. The van der Waals surface area contributed by atoms with Gasteiger partial charge >= 0.3 is 0 Å². The van der Waals surface area contributed by atoms with Gasteiger partial charge in [-0.3, -0.25) is 19.9 Å². The van der Waals surface area contributed by atoms with Gasteiger partial charge in [0.1, 0.15) is 10.7 Å². The topological polar surface area (TPSA) is 111 Å². The summed E-state index contributed by atoms with van der Waals surface area (Å²) in [5, 5.41) is 22.1. The third-order valence-electron chi connectivity index (χ3n) is 3.28. The van der Waals surface area contributed by atoms with Crippen molar-refractivity contribution in [2.75, 3.05) is 11.1 Å². The van der Waals surface area contributed by atoms with E-state index in [0.717, 1.165) is 5.69 Å². The van der Waals surface area contributed by atoms with E-state index in [0.29, 0.717) is 16.4 Å². The fraction of sp³-hybridized carbons (Fsp3) is 0.0588. The Bertz CT molecular complexity index is 902. The number of hydrogen-bond donors (Lipinski definition) is 1. The third-order valence-corrected chi connectivity index (χ3v) is 4.20. The predicted octanol–water partition coefficient (Wildman–Crippen LogP) is 3.18. The van der Waals surface area contributed by atoms with Crippen molar-refractivity contribution in [1.29, 1.82) is 0 Å². The van der Waals surface area contributed by atoms with Gasteiger partial charge in [-0.1, -0.05) is 17.8 Å². The number of carbonyl (C=O) groups is 1. The van der Waals surface area contributed by atoms with Gasteiger partial charge in [-0.25, -0.2) is 0 Å². The van der Waals surface area contributed by atoms with E-state index in [4.69, 9.17) is 0 Å². The molecule has 1 aromatic carbocycles. The number of nitro benzene ring substituents is 1. The van der Waals surface area contributed by atoms with E-state index in [2.05, 4.69) is 20.5 Å². The molecule has 0 saturated heterocycles. The molecule has 3 aromatic rings. The normalized spacial score (nSPS) is 10.3. The molecule has 3 rings (SSSR count). The minimum atomic E-state index is -0.491. The Morgan fingerprint density at radius 3 is 2.46 bits per heavy atom. The lowest BCUT2D eigenvalue weighted by atomic mass is 10.2. The molecule has 0 spiro atoms. The van der Waals surface area contributed by atoms with Gasteiger partial charge in [0.25, 0.3) is 5.69 Å². The molecule has 0 unspecified atom stereocenters. The number of carbonyl (C=O) groups excluding carboxylic acids is 1. The molecule has 0 saturated carbocycles. The Morgan fingerprint density at radius 1 is 1.04 bits per heavy atom. The summed E-state index contributed by atoms with van der Waals surface area (Å²) in [5.74, 6) is -0.0892. The number of non-ortho nitro benzene ring substituents is 1. The van der Waals surface area contributed by atoms with Crippen molar-refractivity contribution in [3.05, 3.63) is 70.9 Å². The molecule has 0 bridgehead atoms. The number of rotatable bonds is 6. The van der Waals surface area contributed by atoms with Crippen LogP contribution in [-0.2, 0) is 4.79 Å². The number of hydrogen-bond acceptors (Lipinski definition) is 7. The summed E-state index contributed by atoms with van der Waals surface area (Å²) in [4.78, 5) is 26.3. The highest BCUT2D eigenvalue weighted by molar-refractivity contribution is 7.99. The number of pyridine rings is 1. The van der Waals surface area contributed by atoms with Crippen LogP contribution in [0, 0.1) is 10.1 Å². The highest BCUT2D eigenvalue weighted by Crippen LogP contribution is 2.19. The largest absolute Gasteiger partial charge is 0.325 e. The van der Waals surface area contributed by atoms with Crippen LogP contribution in [0.4, 0.5) is 11.4 Å². The first-order chi connectivity index (χ1) is 12.6. The summed E-state index contributed by atoms with van der Waals surface area (Å²) in [6.45, 7) is 0. The number of nitrogens with one attached hydrogen (secondary N) is 1. The number of anilines is 1. The number of aromatic nitrogens is 3. The molecule has 1 amide bonds. The fourth-order valence-electron chi connectivity index (χ4n) is 2.05. The van der Waals surface area contributed by atoms with Crippen LogP contribution in [0.25, 0.3) is 11.4 Å². The number of amides is 1. The van der Waals surface area contributed by atoms with Crippen LogP contribution >= 0.6 is 11.8 Å². The van der Waals surface area contributed by atoms with Crippen molar-refractivity contribution < 1.29 is 9.72 Å². The average molecular weight is 367 g/mol. The average Bonchev–Trinajstić information content (AvgIpc) is 2.68. The van der Waals surface area contributed by atoms with Crippen LogP contribution in [0.2, 0.25) is 0 Å². The van der Waals surface area contributed by atoms with Crippen molar-refractivity contribution in [1.82, 2.24) is 15.2 Å². The van der Waals surface area contributed by atoms with Gasteiger partial charge in [-0.05, 0) is 36.4 Å². The molecule has 0 fully saturated rings. The lowest BCUT2D eigenvalue weighted by molar-refractivity contribution is -0.384. The first-order valence-electron chi connectivity index (χ1n) is 7.54. The Morgan fingerprint density at radius 2 is 1.85 bits per heavy atom. The van der Waals surface area contributed by atoms with Gasteiger partial charge < -0.3 is 5.32 Å². The van der Waals surface area contributed by atoms with E-state index in [-0.39, 0.29) is 17.3 Å². The first-order valence-corrected chi connectivity index (χ1v) is 8.52. The Kier molecular flexibility index (Phi) is 5.49. The second-order valence-electron chi connectivity index (χ2n) is 5.11. The highest BCUT2D eigenvalue weighted by atomic mass is 32.2. The molecule has 0 aliphatic rings. The van der Waals surface area contributed by atoms with Gasteiger partial charge in [0.15, 0.2) is 0 Å². The molecule has 0 radical (unpaired) electrons. The first kappa shape index (κ1) is 17.5. The predicted molar refractivity (Wildman–Crippen MR) is 97.7 cm³/mol. The number of nitro groups is 1. The zero-order chi connectivity index (χ0) is 18.4. The molecular formula is C17H13N5O3S. The molecule has 8 nitrogen and oxygen atoms in total. The monoisotopic (exact) mass is 367 g/mol. The van der Waals surface area contributed by atoms with E-state index in [9.17, 15) is 14.9 Å². The standard InChI is InChI=1S/C17H13N5O3S/c23-16(19-12-4-6-13(7-5-12)22(24)25)11-26-17-9-8-15(20-21-17)14-3-1-2-10-18-14/h1-10H,11H2,(H,19,23). The smallest absolute Gasteiger partial charge is 0.269 e. The zero-order valence-corrected chi connectivity index (χ0v) is 14.2. The summed E-state index contributed by atoms with van der Waals surface area (Å²) < 4.78 is 0. The summed E-state index contributed by atoms with van der Waals surface area (Å²) in [6, 6.07) is 14.8. The van der Waals surface area contributed by atoms with Crippen molar-refractivity contribution >= 4 is 29.0 Å². The maximum Gasteiger partial charge on any atom is 0.269 e. The molecule has 130 valence electrons. The summed E-state index contributed by atoms with van der Waals surface area (Å²) in [7, 11) is 0. The van der Waals surface area contributed by atoms with Gasteiger partial charge in [-0.2, -0.15) is 0 Å². The van der Waals surface area contributed by atoms with Crippen molar-refractivity contribution in [3.8, 4) is 11.4 Å². The SMILES string of the molecule is O=C(CSc1ccc(-c2ccccn2)nn1)Nc1ccc([N+](=O)[O-])cc1. The quantitative estimate of drug-likeness (QED) is 0.404. The zero-order valence-electron chi connectivity index (χ0n) is 13.4. The van der Waals surface area contributed by atoms with Crippen LogP contribution in [0.3, 0.4) is 0 Å². The Balaban J connectivity index is 1.53. The van der Waals surface area contributed by atoms with E-state index >= 15 is 0 Å². The molecule has 26 heavy (non-hydrogen) atoms. The van der Waals surface area contributed by atoms with E-state index in [1.807, 2.05) is 18.2 Å². The van der Waals surface area contributed by atoms with Crippen molar-refractivity contribution in [2.45, 2.75) is 5.03 Å². The molecule has 1 N–H and O–H groups in total. The lowest BCUT2D eigenvalue weighted by Crippen LogP contribution is -2.14. The fourth-order valence-corrected chi connectivity index (χ4v) is 2.66. The van der Waals surface area contributed by atoms with Gasteiger partial charge in [0.2, 0.25) is 5.91 Å². The number of thioether (sulfide) groups is 1. The Hall–Kier alpha value is -3.33. The summed E-state index contributed by atoms with van der Waals surface area (Å²) in [6.07, 6.45) is 1.68. The van der Waals surface area contributed by atoms with E-state index in [1.165, 1.54) is 36.0 Å². The minimum Gasteiger partial charge on any atom is -0.325 e.